The summed E-state index contributed by atoms with van der Waals surface area (Å²) in [6, 6.07) is 0. The number of rotatable bonds is 1. The molecule has 0 aliphatic carbocycles. The van der Waals surface area contributed by atoms with Crippen LogP contribution in [0.3, 0.4) is 0 Å². The van der Waals surface area contributed by atoms with Gasteiger partial charge in [0, 0.05) is 0 Å². The highest BCUT2D eigenvalue weighted by atomic mass is 35.5. The summed E-state index contributed by atoms with van der Waals surface area (Å²) in [6.07, 6.45) is 0. The van der Waals surface area contributed by atoms with Gasteiger partial charge in [0.15, 0.2) is 0 Å². The van der Waals surface area contributed by atoms with Crippen LogP contribution in [0.4, 0.5) is 0 Å². The number of tetrazole rings is 1. The molecule has 0 saturated carbocycles. The predicted octanol–water partition coefficient (Wildman–Crippen LogP) is 1.37. The lowest BCUT2D eigenvalue weighted by Gasteiger charge is -2.16. The number of aromatic nitrogens is 4. The Morgan fingerprint density at radius 2 is 2.09 bits per heavy atom. The van der Waals surface area contributed by atoms with Crippen molar-refractivity contribution in [3.05, 3.63) is 5.28 Å². The normalized spacial score (nSPS) is 12.0. The molecule has 0 N–H and O–H groups in total. The van der Waals surface area contributed by atoms with Crippen molar-refractivity contribution in [3.8, 4) is 0 Å². The summed E-state index contributed by atoms with van der Waals surface area (Å²) in [5, 5.41) is 11.1. The van der Waals surface area contributed by atoms with E-state index >= 15 is 0 Å². The Hall–Kier alpha value is -0.640. The van der Waals surface area contributed by atoms with Gasteiger partial charge in [-0.25, -0.2) is 4.68 Å². The highest BCUT2D eigenvalue weighted by molar-refractivity contribution is 6.28. The summed E-state index contributed by atoms with van der Waals surface area (Å²) in [4.78, 5) is 0. The van der Waals surface area contributed by atoms with Gasteiger partial charge in [0.2, 0.25) is 5.28 Å². The maximum atomic E-state index is 5.67. The Morgan fingerprint density at radius 1 is 1.45 bits per heavy atom. The minimum absolute atomic E-state index is 0.152. The first-order chi connectivity index (χ1) is 4.99. The lowest BCUT2D eigenvalue weighted by Crippen LogP contribution is -2.16. The third-order valence-electron chi connectivity index (χ3n) is 1.11. The Labute approximate surface area is 70.5 Å². The number of hydrogen-bond donors (Lipinski definition) is 0. The van der Waals surface area contributed by atoms with E-state index in [9.17, 15) is 0 Å². The summed E-state index contributed by atoms with van der Waals surface area (Å²) in [7, 11) is 0. The average Bonchev–Trinajstić information content (AvgIpc) is 2.12. The molecule has 0 spiro atoms. The summed E-state index contributed by atoms with van der Waals surface area (Å²) in [5.74, 6) is 0. The molecular weight excluding hydrogens is 164 g/mol. The molecule has 11 heavy (non-hydrogen) atoms. The van der Waals surface area contributed by atoms with E-state index < -0.39 is 0 Å². The number of nitrogens with zero attached hydrogens (tertiary/aromatic N) is 4. The number of halogens is 1. The van der Waals surface area contributed by atoms with Crippen molar-refractivity contribution in [3.63, 3.8) is 0 Å². The van der Waals surface area contributed by atoms with Crippen molar-refractivity contribution in [1.82, 2.24) is 20.2 Å². The Morgan fingerprint density at radius 3 is 2.45 bits per heavy atom. The van der Waals surface area contributed by atoms with Gasteiger partial charge in [-0.1, -0.05) is 25.9 Å². The molecule has 1 aromatic rings. The first kappa shape index (κ1) is 8.46. The quantitative estimate of drug-likeness (QED) is 0.646. The van der Waals surface area contributed by atoms with E-state index in [1.165, 1.54) is 0 Å². The van der Waals surface area contributed by atoms with Crippen molar-refractivity contribution in [1.29, 1.82) is 0 Å². The second-order valence-electron chi connectivity index (χ2n) is 3.67. The topological polar surface area (TPSA) is 43.6 Å². The van der Waals surface area contributed by atoms with Gasteiger partial charge in [-0.15, -0.1) is 0 Å². The van der Waals surface area contributed by atoms with Crippen molar-refractivity contribution in [2.75, 3.05) is 0 Å². The van der Waals surface area contributed by atoms with Gasteiger partial charge in [0.1, 0.15) is 0 Å². The van der Waals surface area contributed by atoms with Crippen LogP contribution >= 0.6 is 11.6 Å². The molecule has 1 aromatic heterocycles. The molecule has 5 heteroatoms. The van der Waals surface area contributed by atoms with Crippen molar-refractivity contribution < 1.29 is 0 Å². The van der Waals surface area contributed by atoms with Crippen LogP contribution < -0.4 is 0 Å². The summed E-state index contributed by atoms with van der Waals surface area (Å²) in [6.45, 7) is 7.04. The summed E-state index contributed by atoms with van der Waals surface area (Å²) in [5.41, 5.74) is 0.152. The molecule has 62 valence electrons. The van der Waals surface area contributed by atoms with E-state index in [0.717, 1.165) is 6.54 Å². The molecule has 0 aliphatic rings. The van der Waals surface area contributed by atoms with E-state index in [0.29, 0.717) is 5.28 Å². The molecule has 0 bridgehead atoms. The zero-order valence-electron chi connectivity index (χ0n) is 6.87. The molecule has 0 atom stereocenters. The molecule has 1 heterocycles. The second kappa shape index (κ2) is 2.77. The van der Waals surface area contributed by atoms with E-state index in [1.807, 2.05) is 0 Å². The molecule has 1 rings (SSSR count). The van der Waals surface area contributed by atoms with Crippen LogP contribution in [0.2, 0.25) is 5.28 Å². The zero-order chi connectivity index (χ0) is 8.48. The molecule has 0 aliphatic heterocycles. The minimum Gasteiger partial charge on any atom is -0.216 e. The fourth-order valence-corrected chi connectivity index (χ4v) is 0.867. The molecule has 0 saturated heterocycles. The lowest BCUT2D eigenvalue weighted by atomic mass is 9.97. The van der Waals surface area contributed by atoms with Crippen molar-refractivity contribution in [2.24, 2.45) is 5.41 Å². The average molecular weight is 175 g/mol. The molecule has 0 amide bonds. The zero-order valence-corrected chi connectivity index (χ0v) is 7.63. The standard InChI is InChI=1S/C6H11ClN4/c1-6(2,3)4-11-5(7)8-9-10-11/h4H2,1-3H3. The van der Waals surface area contributed by atoms with Gasteiger partial charge >= 0.3 is 0 Å². The van der Waals surface area contributed by atoms with Gasteiger partial charge in [-0.05, 0) is 27.4 Å². The SMILES string of the molecule is CC(C)(C)Cn1nnnc1Cl. The molecule has 0 aromatic carbocycles. The molecule has 0 radical (unpaired) electrons. The van der Waals surface area contributed by atoms with Gasteiger partial charge < -0.3 is 0 Å². The van der Waals surface area contributed by atoms with Crippen LogP contribution in [0.15, 0.2) is 0 Å². The van der Waals surface area contributed by atoms with Gasteiger partial charge in [0.05, 0.1) is 6.54 Å². The third kappa shape index (κ3) is 2.46. The highest BCUT2D eigenvalue weighted by Gasteiger charge is 2.14. The predicted molar refractivity (Wildman–Crippen MR) is 42.3 cm³/mol. The Bertz CT molecular complexity index is 237. The van der Waals surface area contributed by atoms with E-state index in [1.54, 1.807) is 4.68 Å². The summed E-state index contributed by atoms with van der Waals surface area (Å²) >= 11 is 5.67. The summed E-state index contributed by atoms with van der Waals surface area (Å²) < 4.78 is 1.58. The van der Waals surface area contributed by atoms with Crippen LogP contribution in [-0.4, -0.2) is 20.2 Å². The van der Waals surface area contributed by atoms with Crippen LogP contribution in [0, 0.1) is 5.41 Å². The monoisotopic (exact) mass is 174 g/mol. The fourth-order valence-electron chi connectivity index (χ4n) is 0.740. The fraction of sp³-hybridized carbons (Fsp3) is 0.833. The first-order valence-electron chi connectivity index (χ1n) is 3.41. The Balaban J connectivity index is 2.72. The van der Waals surface area contributed by atoms with E-state index in [2.05, 4.69) is 36.3 Å². The molecule has 4 nitrogen and oxygen atoms in total. The maximum Gasteiger partial charge on any atom is 0.243 e. The van der Waals surface area contributed by atoms with Crippen LogP contribution in [0.1, 0.15) is 20.8 Å². The highest BCUT2D eigenvalue weighted by Crippen LogP contribution is 2.16. The van der Waals surface area contributed by atoms with Gasteiger partial charge in [0.25, 0.3) is 0 Å². The Kier molecular flexibility index (Phi) is 2.13. The molecular formula is C6H11ClN4. The van der Waals surface area contributed by atoms with Crippen molar-refractivity contribution >= 4 is 11.6 Å². The lowest BCUT2D eigenvalue weighted by molar-refractivity contribution is 0.321. The number of hydrogen-bond acceptors (Lipinski definition) is 3. The van der Waals surface area contributed by atoms with Crippen LogP contribution in [-0.2, 0) is 6.54 Å². The van der Waals surface area contributed by atoms with Gasteiger partial charge in [-0.2, -0.15) is 0 Å². The minimum atomic E-state index is 0.152. The smallest absolute Gasteiger partial charge is 0.216 e. The maximum absolute atomic E-state index is 5.67. The molecule has 0 fully saturated rings. The van der Waals surface area contributed by atoms with E-state index in [4.69, 9.17) is 11.6 Å². The third-order valence-corrected chi connectivity index (χ3v) is 1.38. The second-order valence-corrected chi connectivity index (χ2v) is 4.00. The largest absolute Gasteiger partial charge is 0.243 e. The van der Waals surface area contributed by atoms with Crippen molar-refractivity contribution in [2.45, 2.75) is 27.3 Å². The van der Waals surface area contributed by atoms with Gasteiger partial charge in [-0.3, -0.25) is 0 Å². The van der Waals surface area contributed by atoms with Crippen LogP contribution in [0.5, 0.6) is 0 Å². The van der Waals surface area contributed by atoms with Crippen LogP contribution in [0.25, 0.3) is 0 Å². The molecule has 0 unspecified atom stereocenters. The first-order valence-corrected chi connectivity index (χ1v) is 3.78. The van der Waals surface area contributed by atoms with E-state index in [-0.39, 0.29) is 5.41 Å².